The third-order valence-corrected chi connectivity index (χ3v) is 3.08. The van der Waals surface area contributed by atoms with Gasteiger partial charge in [0.15, 0.2) is 12.3 Å². The van der Waals surface area contributed by atoms with Crippen LogP contribution in [0.25, 0.3) is 0 Å². The summed E-state index contributed by atoms with van der Waals surface area (Å²) in [6, 6.07) is 5.83. The Labute approximate surface area is 111 Å². The molecule has 0 unspecified atom stereocenters. The zero-order valence-corrected chi connectivity index (χ0v) is 10.7. The van der Waals surface area contributed by atoms with Crippen LogP contribution in [0.4, 0.5) is 0 Å². The van der Waals surface area contributed by atoms with Gasteiger partial charge in [-0.3, -0.25) is 9.69 Å². The average Bonchev–Trinajstić information content (AvgIpc) is 2.68. The zero-order valence-electron chi connectivity index (χ0n) is 10.7. The van der Waals surface area contributed by atoms with Crippen LogP contribution in [0.15, 0.2) is 36.4 Å². The van der Waals surface area contributed by atoms with Crippen LogP contribution in [-0.2, 0) is 9.53 Å². The minimum absolute atomic E-state index is 0.378. The Kier molecular flexibility index (Phi) is 3.66. The maximum Gasteiger partial charge on any atom is 0.332 e. The number of esters is 1. The number of ether oxygens (including phenoxy) is 1. The lowest BCUT2D eigenvalue weighted by Gasteiger charge is -2.26. The largest absolute Gasteiger partial charge is 0.467 e. The highest BCUT2D eigenvalue weighted by atomic mass is 16.5. The molecule has 0 aliphatic carbocycles. The van der Waals surface area contributed by atoms with Crippen LogP contribution in [0, 0.1) is 0 Å². The van der Waals surface area contributed by atoms with Gasteiger partial charge in [0.1, 0.15) is 0 Å². The maximum absolute atomic E-state index is 12.3. The summed E-state index contributed by atoms with van der Waals surface area (Å²) in [5, 5.41) is 10.2. The molecule has 1 aliphatic rings. The molecule has 2 rings (SSSR count). The van der Waals surface area contributed by atoms with Crippen molar-refractivity contribution >= 4 is 11.9 Å². The van der Waals surface area contributed by atoms with Gasteiger partial charge in [0.2, 0.25) is 0 Å². The lowest BCUT2D eigenvalue weighted by atomic mass is 10.1. The summed E-state index contributed by atoms with van der Waals surface area (Å²) in [5.74, 6) is -0.963. The van der Waals surface area contributed by atoms with E-state index in [4.69, 9.17) is 0 Å². The summed E-state index contributed by atoms with van der Waals surface area (Å²) in [5.41, 5.74) is 0.916. The Morgan fingerprint density at radius 1 is 1.47 bits per heavy atom. The van der Waals surface area contributed by atoms with E-state index in [9.17, 15) is 14.7 Å². The minimum Gasteiger partial charge on any atom is -0.467 e. The first kappa shape index (κ1) is 13.3. The molecule has 5 nitrogen and oxygen atoms in total. The molecule has 100 valence electrons. The van der Waals surface area contributed by atoms with E-state index >= 15 is 0 Å². The Morgan fingerprint density at radius 3 is 2.74 bits per heavy atom. The van der Waals surface area contributed by atoms with Crippen molar-refractivity contribution in [2.75, 3.05) is 7.11 Å². The second-order valence-corrected chi connectivity index (χ2v) is 4.17. The lowest BCUT2D eigenvalue weighted by molar-refractivity contribution is -0.147. The number of methoxy groups -OCH3 is 1. The van der Waals surface area contributed by atoms with Crippen LogP contribution in [0.3, 0.4) is 0 Å². The van der Waals surface area contributed by atoms with Crippen molar-refractivity contribution in [2.45, 2.75) is 19.2 Å². The highest BCUT2D eigenvalue weighted by molar-refractivity contribution is 6.01. The van der Waals surface area contributed by atoms with Crippen LogP contribution < -0.4 is 0 Å². The van der Waals surface area contributed by atoms with Gasteiger partial charge in [-0.15, -0.1) is 0 Å². The molecule has 0 fully saturated rings. The molecule has 1 heterocycles. The molecule has 0 saturated carbocycles. The first-order chi connectivity index (χ1) is 9.11. The van der Waals surface area contributed by atoms with Crippen molar-refractivity contribution in [1.29, 1.82) is 0 Å². The van der Waals surface area contributed by atoms with Crippen LogP contribution in [0.5, 0.6) is 0 Å². The molecule has 0 saturated heterocycles. The summed E-state index contributed by atoms with van der Waals surface area (Å²) in [6.07, 6.45) is 2.03. The number of carbonyl (C=O) groups excluding carboxylic acids is 2. The Bertz CT molecular complexity index is 538. The van der Waals surface area contributed by atoms with Gasteiger partial charge in [0.25, 0.3) is 5.91 Å². The number of nitrogens with zero attached hydrogens (tertiary/aromatic N) is 1. The molecule has 5 heteroatoms. The van der Waals surface area contributed by atoms with Gasteiger partial charge < -0.3 is 9.84 Å². The molecule has 0 radical (unpaired) electrons. The van der Waals surface area contributed by atoms with Gasteiger partial charge in [-0.05, 0) is 13.0 Å². The fourth-order valence-corrected chi connectivity index (χ4v) is 2.18. The molecule has 1 amide bonds. The fraction of sp³-hybridized carbons (Fsp3) is 0.286. The van der Waals surface area contributed by atoms with E-state index in [0.717, 1.165) is 4.90 Å². The monoisotopic (exact) mass is 261 g/mol. The smallest absolute Gasteiger partial charge is 0.332 e. The maximum atomic E-state index is 12.3. The molecule has 0 bridgehead atoms. The van der Waals surface area contributed by atoms with Crippen molar-refractivity contribution in [1.82, 2.24) is 4.90 Å². The molecular weight excluding hydrogens is 246 g/mol. The Morgan fingerprint density at radius 2 is 2.16 bits per heavy atom. The summed E-state index contributed by atoms with van der Waals surface area (Å²) >= 11 is 0. The van der Waals surface area contributed by atoms with E-state index in [1.165, 1.54) is 13.2 Å². The number of rotatable bonds is 3. The molecular formula is C14H15NO4. The third kappa shape index (κ3) is 2.13. The van der Waals surface area contributed by atoms with Gasteiger partial charge in [0, 0.05) is 11.1 Å². The Hall–Kier alpha value is -2.14. The Balaban J connectivity index is 2.42. The molecule has 0 spiro atoms. The van der Waals surface area contributed by atoms with Crippen LogP contribution >= 0.6 is 0 Å². The normalized spacial score (nSPS) is 19.6. The minimum atomic E-state index is -1.14. The average molecular weight is 261 g/mol. The van der Waals surface area contributed by atoms with Crippen molar-refractivity contribution in [3.05, 3.63) is 47.5 Å². The van der Waals surface area contributed by atoms with Gasteiger partial charge in [-0.25, -0.2) is 4.79 Å². The quantitative estimate of drug-likeness (QED) is 0.657. The standard InChI is InChI=1S/C14H15NO4/c1-3-6-11(14(18)19-2)15-12(16)9-7-4-5-8-10(9)13(15)17/h3-8,11-12,16H,1-2H3/b6-3+/t11-,12+/m0/s1. The molecule has 19 heavy (non-hydrogen) atoms. The van der Waals surface area contributed by atoms with Gasteiger partial charge >= 0.3 is 5.97 Å². The number of amides is 1. The lowest BCUT2D eigenvalue weighted by Crippen LogP contribution is -2.42. The number of hydrogen-bond acceptors (Lipinski definition) is 4. The third-order valence-electron chi connectivity index (χ3n) is 3.08. The molecule has 2 atom stereocenters. The number of fused-ring (bicyclic) bond motifs is 1. The first-order valence-electron chi connectivity index (χ1n) is 5.92. The number of benzene rings is 1. The summed E-state index contributed by atoms with van der Waals surface area (Å²) < 4.78 is 4.68. The number of carbonyl (C=O) groups is 2. The van der Waals surface area contributed by atoms with Gasteiger partial charge in [-0.2, -0.15) is 0 Å². The van der Waals surface area contributed by atoms with Gasteiger partial charge in [0.05, 0.1) is 7.11 Å². The summed E-state index contributed by atoms with van der Waals surface area (Å²) in [6.45, 7) is 1.73. The summed E-state index contributed by atoms with van der Waals surface area (Å²) in [4.78, 5) is 25.1. The second-order valence-electron chi connectivity index (χ2n) is 4.17. The van der Waals surface area contributed by atoms with Crippen LogP contribution in [-0.4, -0.2) is 35.0 Å². The predicted octanol–water partition coefficient (Wildman–Crippen LogP) is 1.25. The van der Waals surface area contributed by atoms with Crippen LogP contribution in [0.2, 0.25) is 0 Å². The van der Waals surface area contributed by atoms with Crippen molar-refractivity contribution in [2.24, 2.45) is 0 Å². The zero-order chi connectivity index (χ0) is 14.0. The highest BCUT2D eigenvalue weighted by Gasteiger charge is 2.41. The molecule has 1 N–H and O–H groups in total. The highest BCUT2D eigenvalue weighted by Crippen LogP contribution is 2.33. The molecule has 1 aliphatic heterocycles. The number of aliphatic hydroxyl groups excluding tert-OH is 1. The fourth-order valence-electron chi connectivity index (χ4n) is 2.18. The molecule has 1 aromatic carbocycles. The SMILES string of the molecule is C/C=C/[C@@H](C(=O)OC)N1C(=O)c2ccccc2[C@H]1O. The number of allylic oxidation sites excluding steroid dienone is 1. The van der Waals surface area contributed by atoms with E-state index < -0.39 is 18.2 Å². The van der Waals surface area contributed by atoms with E-state index in [-0.39, 0.29) is 5.91 Å². The van der Waals surface area contributed by atoms with Gasteiger partial charge in [-0.1, -0.05) is 30.4 Å². The van der Waals surface area contributed by atoms with E-state index in [2.05, 4.69) is 4.74 Å². The van der Waals surface area contributed by atoms with Crippen molar-refractivity contribution in [3.63, 3.8) is 0 Å². The first-order valence-corrected chi connectivity index (χ1v) is 5.92. The van der Waals surface area contributed by atoms with Crippen molar-refractivity contribution < 1.29 is 19.4 Å². The van der Waals surface area contributed by atoms with Crippen LogP contribution in [0.1, 0.15) is 29.1 Å². The molecule has 0 aromatic heterocycles. The molecule has 1 aromatic rings. The van der Waals surface area contributed by atoms with Crippen molar-refractivity contribution in [3.8, 4) is 0 Å². The topological polar surface area (TPSA) is 66.8 Å². The predicted molar refractivity (Wildman–Crippen MR) is 68.2 cm³/mol. The van der Waals surface area contributed by atoms with E-state index in [1.807, 2.05) is 0 Å². The summed E-state index contributed by atoms with van der Waals surface area (Å²) in [7, 11) is 1.25. The number of aliphatic hydroxyl groups is 1. The van der Waals surface area contributed by atoms with E-state index in [1.54, 1.807) is 37.3 Å². The number of hydrogen-bond donors (Lipinski definition) is 1. The van der Waals surface area contributed by atoms with E-state index in [0.29, 0.717) is 11.1 Å². The second kappa shape index (κ2) is 5.24.